The van der Waals surface area contributed by atoms with E-state index in [9.17, 15) is 4.79 Å². The Morgan fingerprint density at radius 3 is 2.68 bits per heavy atom. The van der Waals surface area contributed by atoms with Gasteiger partial charge in [0.25, 0.3) is 0 Å². The number of carboxylic acids is 1. The molecule has 1 atom stereocenters. The quantitative estimate of drug-likeness (QED) is 0.674. The predicted molar refractivity (Wildman–Crippen MR) is 72.4 cm³/mol. The Labute approximate surface area is 113 Å². The van der Waals surface area contributed by atoms with Crippen molar-refractivity contribution in [3.05, 3.63) is 23.7 Å². The average molecular weight is 269 g/mol. The zero-order valence-electron chi connectivity index (χ0n) is 11.8. The number of aromatic carboxylic acids is 1. The summed E-state index contributed by atoms with van der Waals surface area (Å²) in [7, 11) is 0. The molecule has 0 aliphatic carbocycles. The van der Waals surface area contributed by atoms with Crippen LogP contribution in [0.25, 0.3) is 0 Å². The summed E-state index contributed by atoms with van der Waals surface area (Å²) in [4.78, 5) is 10.7. The number of unbranched alkanes of at least 4 members (excludes halogenated alkanes) is 1. The van der Waals surface area contributed by atoms with E-state index >= 15 is 0 Å². The Hall–Kier alpha value is -1.33. The molecule has 1 rings (SSSR count). The molecule has 1 aromatic heterocycles. The van der Waals surface area contributed by atoms with E-state index in [1.54, 1.807) is 6.07 Å². The molecule has 19 heavy (non-hydrogen) atoms. The summed E-state index contributed by atoms with van der Waals surface area (Å²) in [6.45, 7) is 7.63. The molecule has 0 amide bonds. The summed E-state index contributed by atoms with van der Waals surface area (Å²) in [5.41, 5.74) is 0. The molecule has 0 aliphatic heterocycles. The average Bonchev–Trinajstić information content (AvgIpc) is 2.82. The highest BCUT2D eigenvalue weighted by Gasteiger charge is 2.13. The second kappa shape index (κ2) is 7.96. The van der Waals surface area contributed by atoms with Crippen LogP contribution in [0.5, 0.6) is 0 Å². The van der Waals surface area contributed by atoms with Gasteiger partial charge in [-0.3, -0.25) is 0 Å². The third-order valence-electron chi connectivity index (χ3n) is 2.74. The first-order chi connectivity index (χ1) is 9.00. The summed E-state index contributed by atoms with van der Waals surface area (Å²) >= 11 is 0. The highest BCUT2D eigenvalue weighted by Crippen LogP contribution is 2.16. The van der Waals surface area contributed by atoms with Crippen molar-refractivity contribution in [2.24, 2.45) is 0 Å². The minimum atomic E-state index is -1.04. The molecule has 5 nitrogen and oxygen atoms in total. The van der Waals surface area contributed by atoms with E-state index in [2.05, 4.69) is 5.32 Å². The van der Waals surface area contributed by atoms with Gasteiger partial charge in [0.2, 0.25) is 5.76 Å². The number of carboxylic acid groups (broad SMARTS) is 1. The van der Waals surface area contributed by atoms with Crippen LogP contribution in [-0.4, -0.2) is 30.3 Å². The van der Waals surface area contributed by atoms with Gasteiger partial charge in [0, 0.05) is 6.61 Å². The number of ether oxygens (including phenoxy) is 1. The minimum Gasteiger partial charge on any atom is -0.475 e. The molecule has 2 N–H and O–H groups in total. The van der Waals surface area contributed by atoms with E-state index in [1.165, 1.54) is 6.07 Å². The summed E-state index contributed by atoms with van der Waals surface area (Å²) < 4.78 is 10.7. The molecule has 1 aromatic rings. The zero-order valence-corrected chi connectivity index (χ0v) is 11.8. The second-order valence-corrected chi connectivity index (χ2v) is 4.81. The lowest BCUT2D eigenvalue weighted by Crippen LogP contribution is -2.20. The van der Waals surface area contributed by atoms with E-state index in [0.717, 1.165) is 26.0 Å². The lowest BCUT2D eigenvalue weighted by Gasteiger charge is -2.11. The van der Waals surface area contributed by atoms with Crippen LogP contribution in [0.15, 0.2) is 16.5 Å². The van der Waals surface area contributed by atoms with Crippen LogP contribution >= 0.6 is 0 Å². The van der Waals surface area contributed by atoms with Crippen LogP contribution in [0.4, 0.5) is 0 Å². The van der Waals surface area contributed by atoms with E-state index in [4.69, 9.17) is 14.3 Å². The third kappa shape index (κ3) is 5.89. The molecule has 0 aliphatic rings. The van der Waals surface area contributed by atoms with Gasteiger partial charge in [-0.05, 0) is 52.3 Å². The largest absolute Gasteiger partial charge is 0.475 e. The first kappa shape index (κ1) is 15.7. The maximum atomic E-state index is 10.7. The Balaban J connectivity index is 2.20. The highest BCUT2D eigenvalue weighted by atomic mass is 16.5. The molecule has 1 unspecified atom stereocenters. The fourth-order valence-corrected chi connectivity index (χ4v) is 1.67. The predicted octanol–water partition coefficient (Wildman–Crippen LogP) is 2.83. The lowest BCUT2D eigenvalue weighted by atomic mass is 10.2. The highest BCUT2D eigenvalue weighted by molar-refractivity contribution is 5.84. The second-order valence-electron chi connectivity index (χ2n) is 4.81. The number of carbonyl (C=O) groups is 1. The first-order valence-electron chi connectivity index (χ1n) is 6.68. The summed E-state index contributed by atoms with van der Waals surface area (Å²) in [6, 6.07) is 3.19. The zero-order chi connectivity index (χ0) is 14.3. The van der Waals surface area contributed by atoms with Crippen LogP contribution < -0.4 is 5.32 Å². The number of hydrogen-bond acceptors (Lipinski definition) is 4. The Morgan fingerprint density at radius 1 is 1.37 bits per heavy atom. The molecule has 108 valence electrons. The van der Waals surface area contributed by atoms with Gasteiger partial charge in [-0.25, -0.2) is 4.79 Å². The van der Waals surface area contributed by atoms with Gasteiger partial charge in [-0.1, -0.05) is 0 Å². The maximum absolute atomic E-state index is 10.7. The van der Waals surface area contributed by atoms with Gasteiger partial charge in [0.1, 0.15) is 5.76 Å². The first-order valence-corrected chi connectivity index (χ1v) is 6.68. The van der Waals surface area contributed by atoms with Crippen LogP contribution in [0.2, 0.25) is 0 Å². The molecule has 0 radical (unpaired) electrons. The smallest absolute Gasteiger partial charge is 0.371 e. The Morgan fingerprint density at radius 2 is 2.11 bits per heavy atom. The Bertz CT molecular complexity index is 387. The monoisotopic (exact) mass is 269 g/mol. The fourth-order valence-electron chi connectivity index (χ4n) is 1.67. The maximum Gasteiger partial charge on any atom is 0.371 e. The van der Waals surface area contributed by atoms with Crippen molar-refractivity contribution in [1.82, 2.24) is 5.32 Å². The van der Waals surface area contributed by atoms with Crippen LogP contribution in [0.3, 0.4) is 0 Å². The van der Waals surface area contributed by atoms with Crippen molar-refractivity contribution in [3.8, 4) is 0 Å². The standard InChI is InChI=1S/C14H23NO4/c1-10(2)18-9-5-4-8-15-11(3)12-6-7-13(19-12)14(16)17/h6-7,10-11,15H,4-5,8-9H2,1-3H3,(H,16,17). The van der Waals surface area contributed by atoms with Crippen molar-refractivity contribution >= 4 is 5.97 Å². The number of furan rings is 1. The van der Waals surface area contributed by atoms with Gasteiger partial charge < -0.3 is 19.6 Å². The van der Waals surface area contributed by atoms with Crippen LogP contribution in [0, 0.1) is 0 Å². The molecule has 0 spiro atoms. The van der Waals surface area contributed by atoms with Crippen molar-refractivity contribution in [3.63, 3.8) is 0 Å². The van der Waals surface area contributed by atoms with Crippen LogP contribution in [-0.2, 0) is 4.74 Å². The summed E-state index contributed by atoms with van der Waals surface area (Å²) in [5.74, 6) is -0.408. The van der Waals surface area contributed by atoms with Gasteiger partial charge in [-0.2, -0.15) is 0 Å². The van der Waals surface area contributed by atoms with Gasteiger partial charge >= 0.3 is 5.97 Å². The van der Waals surface area contributed by atoms with Gasteiger partial charge in [0.05, 0.1) is 12.1 Å². The van der Waals surface area contributed by atoms with Crippen molar-refractivity contribution in [2.75, 3.05) is 13.2 Å². The van der Waals surface area contributed by atoms with Gasteiger partial charge in [0.15, 0.2) is 0 Å². The summed E-state index contributed by atoms with van der Waals surface area (Å²) in [5, 5.41) is 12.1. The third-order valence-corrected chi connectivity index (χ3v) is 2.74. The molecule has 0 saturated carbocycles. The van der Waals surface area contributed by atoms with E-state index < -0.39 is 5.97 Å². The molecule has 1 heterocycles. The summed E-state index contributed by atoms with van der Waals surface area (Å²) in [6.07, 6.45) is 2.31. The Kier molecular flexibility index (Phi) is 6.59. The van der Waals surface area contributed by atoms with E-state index in [1.807, 2.05) is 20.8 Å². The van der Waals surface area contributed by atoms with Crippen LogP contribution in [0.1, 0.15) is 56.0 Å². The van der Waals surface area contributed by atoms with E-state index in [-0.39, 0.29) is 17.9 Å². The molecule has 0 saturated heterocycles. The normalized spacial score (nSPS) is 12.8. The van der Waals surface area contributed by atoms with Crippen molar-refractivity contribution in [2.45, 2.75) is 45.8 Å². The van der Waals surface area contributed by atoms with Crippen molar-refractivity contribution in [1.29, 1.82) is 0 Å². The SMILES string of the molecule is CC(C)OCCCCNC(C)c1ccc(C(=O)O)o1. The molecule has 0 bridgehead atoms. The van der Waals surface area contributed by atoms with E-state index in [0.29, 0.717) is 5.76 Å². The molecule has 5 heteroatoms. The minimum absolute atomic E-state index is 0.0131. The number of rotatable bonds is 9. The van der Waals surface area contributed by atoms with Gasteiger partial charge in [-0.15, -0.1) is 0 Å². The van der Waals surface area contributed by atoms with Crippen molar-refractivity contribution < 1.29 is 19.1 Å². The lowest BCUT2D eigenvalue weighted by molar-refractivity contribution is 0.0659. The molecule has 0 fully saturated rings. The molecular formula is C14H23NO4. The molecular weight excluding hydrogens is 246 g/mol. The topological polar surface area (TPSA) is 71.7 Å². The fraction of sp³-hybridized carbons (Fsp3) is 0.643. The molecule has 0 aromatic carbocycles. The number of nitrogens with one attached hydrogen (secondary N) is 1. The number of hydrogen-bond donors (Lipinski definition) is 2.